The Kier molecular flexibility index (Phi) is 3.85. The zero-order valence-corrected chi connectivity index (χ0v) is 9.42. The van der Waals surface area contributed by atoms with Gasteiger partial charge in [0, 0.05) is 0 Å². The molecule has 2 heteroatoms. The lowest BCUT2D eigenvalue weighted by atomic mass is 9.90. The lowest BCUT2D eigenvalue weighted by Crippen LogP contribution is -2.09. The van der Waals surface area contributed by atoms with Gasteiger partial charge in [-0.15, -0.1) is 0 Å². The molecule has 1 atom stereocenters. The third-order valence-corrected chi connectivity index (χ3v) is 2.65. The van der Waals surface area contributed by atoms with Crippen molar-refractivity contribution in [3.63, 3.8) is 0 Å². The van der Waals surface area contributed by atoms with Crippen LogP contribution in [0.2, 0.25) is 0 Å². The molecular weight excluding hydrogens is 189 g/mol. The largest absolute Gasteiger partial charge is 0.207 e. The van der Waals surface area contributed by atoms with Crippen LogP contribution in [-0.2, 0) is 6.42 Å². The smallest absolute Gasteiger partial charge is 0.126 e. The first-order valence-corrected chi connectivity index (χ1v) is 5.19. The van der Waals surface area contributed by atoms with Crippen molar-refractivity contribution in [2.75, 3.05) is 0 Å². The molecule has 1 unspecified atom stereocenters. The number of nitriles is 1. The SMILES string of the molecule is Cc1cc(CC(C#N)C(C)C)ccc1F. The minimum Gasteiger partial charge on any atom is -0.207 e. The normalized spacial score (nSPS) is 12.5. The van der Waals surface area contributed by atoms with Gasteiger partial charge in [0.25, 0.3) is 0 Å². The van der Waals surface area contributed by atoms with Crippen molar-refractivity contribution in [1.29, 1.82) is 5.26 Å². The molecule has 80 valence electrons. The van der Waals surface area contributed by atoms with E-state index in [0.717, 1.165) is 5.56 Å². The molecule has 0 aliphatic rings. The molecule has 0 spiro atoms. The van der Waals surface area contributed by atoms with Crippen LogP contribution in [0, 0.1) is 35.9 Å². The lowest BCUT2D eigenvalue weighted by molar-refractivity contribution is 0.473. The van der Waals surface area contributed by atoms with Crippen molar-refractivity contribution < 1.29 is 4.39 Å². The number of benzene rings is 1. The van der Waals surface area contributed by atoms with E-state index >= 15 is 0 Å². The van der Waals surface area contributed by atoms with Crippen LogP contribution in [0.4, 0.5) is 4.39 Å². The highest BCUT2D eigenvalue weighted by atomic mass is 19.1. The Morgan fingerprint density at radius 3 is 2.53 bits per heavy atom. The molecule has 0 saturated heterocycles. The molecule has 1 nitrogen and oxygen atoms in total. The van der Waals surface area contributed by atoms with Gasteiger partial charge in [0.05, 0.1) is 12.0 Å². The zero-order valence-electron chi connectivity index (χ0n) is 9.42. The summed E-state index contributed by atoms with van der Waals surface area (Å²) in [4.78, 5) is 0. The van der Waals surface area contributed by atoms with Crippen LogP contribution in [0.25, 0.3) is 0 Å². The van der Waals surface area contributed by atoms with Crippen LogP contribution >= 0.6 is 0 Å². The van der Waals surface area contributed by atoms with Gasteiger partial charge < -0.3 is 0 Å². The molecule has 0 aliphatic heterocycles. The van der Waals surface area contributed by atoms with Crippen molar-refractivity contribution in [2.24, 2.45) is 11.8 Å². The van der Waals surface area contributed by atoms with Crippen molar-refractivity contribution in [2.45, 2.75) is 27.2 Å². The van der Waals surface area contributed by atoms with Crippen LogP contribution in [0.5, 0.6) is 0 Å². The number of hydrogen-bond donors (Lipinski definition) is 0. The highest BCUT2D eigenvalue weighted by Gasteiger charge is 2.13. The van der Waals surface area contributed by atoms with E-state index in [0.29, 0.717) is 17.9 Å². The molecule has 0 N–H and O–H groups in total. The fourth-order valence-electron chi connectivity index (χ4n) is 1.52. The van der Waals surface area contributed by atoms with Gasteiger partial charge in [0.1, 0.15) is 5.82 Å². The number of halogens is 1. The summed E-state index contributed by atoms with van der Waals surface area (Å²) in [5.74, 6) is 0.159. The Morgan fingerprint density at radius 2 is 2.07 bits per heavy atom. The predicted molar refractivity (Wildman–Crippen MR) is 58.8 cm³/mol. The van der Waals surface area contributed by atoms with E-state index < -0.39 is 0 Å². The average molecular weight is 205 g/mol. The summed E-state index contributed by atoms with van der Waals surface area (Å²) in [7, 11) is 0. The Labute approximate surface area is 90.5 Å². The van der Waals surface area contributed by atoms with Gasteiger partial charge in [0.15, 0.2) is 0 Å². The molecule has 15 heavy (non-hydrogen) atoms. The Morgan fingerprint density at radius 1 is 1.40 bits per heavy atom. The van der Waals surface area contributed by atoms with Crippen LogP contribution in [0.1, 0.15) is 25.0 Å². The Hall–Kier alpha value is -1.36. The molecule has 1 aromatic rings. The summed E-state index contributed by atoms with van der Waals surface area (Å²) in [5, 5.41) is 8.96. The van der Waals surface area contributed by atoms with Crippen LogP contribution in [-0.4, -0.2) is 0 Å². The third-order valence-electron chi connectivity index (χ3n) is 2.65. The first-order chi connectivity index (χ1) is 7.04. The second-order valence-electron chi connectivity index (χ2n) is 4.27. The second kappa shape index (κ2) is 4.93. The number of aryl methyl sites for hydroxylation is 1. The highest BCUT2D eigenvalue weighted by molar-refractivity contribution is 5.25. The minimum atomic E-state index is -0.184. The fraction of sp³-hybridized carbons (Fsp3) is 0.462. The van der Waals surface area contributed by atoms with Crippen molar-refractivity contribution in [3.8, 4) is 6.07 Å². The number of hydrogen-bond acceptors (Lipinski definition) is 1. The van der Waals surface area contributed by atoms with Gasteiger partial charge in [-0.3, -0.25) is 0 Å². The average Bonchev–Trinajstić information content (AvgIpc) is 2.19. The predicted octanol–water partition coefficient (Wildman–Crippen LogP) is 3.47. The molecule has 0 aliphatic carbocycles. The summed E-state index contributed by atoms with van der Waals surface area (Å²) >= 11 is 0. The second-order valence-corrected chi connectivity index (χ2v) is 4.27. The Balaban J connectivity index is 2.81. The summed E-state index contributed by atoms with van der Waals surface area (Å²) in [6.45, 7) is 5.81. The molecule has 0 amide bonds. The van der Waals surface area contributed by atoms with Gasteiger partial charge in [-0.05, 0) is 36.5 Å². The summed E-state index contributed by atoms with van der Waals surface area (Å²) in [6, 6.07) is 7.34. The maximum Gasteiger partial charge on any atom is 0.126 e. The van der Waals surface area contributed by atoms with E-state index in [-0.39, 0.29) is 11.7 Å². The van der Waals surface area contributed by atoms with E-state index in [4.69, 9.17) is 5.26 Å². The summed E-state index contributed by atoms with van der Waals surface area (Å²) in [6.07, 6.45) is 0.704. The van der Waals surface area contributed by atoms with Crippen molar-refractivity contribution in [3.05, 3.63) is 35.1 Å². The zero-order chi connectivity index (χ0) is 11.4. The van der Waals surface area contributed by atoms with Crippen LogP contribution in [0.15, 0.2) is 18.2 Å². The van der Waals surface area contributed by atoms with Gasteiger partial charge in [0.2, 0.25) is 0 Å². The third kappa shape index (κ3) is 3.06. The van der Waals surface area contributed by atoms with Gasteiger partial charge >= 0.3 is 0 Å². The number of rotatable bonds is 3. The molecule has 0 bridgehead atoms. The van der Waals surface area contributed by atoms with Gasteiger partial charge in [-0.2, -0.15) is 5.26 Å². The molecule has 0 saturated carbocycles. The minimum absolute atomic E-state index is 0.00913. The van der Waals surface area contributed by atoms with Crippen LogP contribution in [0.3, 0.4) is 0 Å². The molecular formula is C13H16FN. The maximum atomic E-state index is 13.0. The first kappa shape index (κ1) is 11.7. The van der Waals surface area contributed by atoms with E-state index in [1.54, 1.807) is 13.0 Å². The fourth-order valence-corrected chi connectivity index (χ4v) is 1.52. The van der Waals surface area contributed by atoms with Crippen molar-refractivity contribution in [1.82, 2.24) is 0 Å². The topological polar surface area (TPSA) is 23.8 Å². The monoisotopic (exact) mass is 205 g/mol. The highest BCUT2D eigenvalue weighted by Crippen LogP contribution is 2.18. The molecule has 0 heterocycles. The van der Waals surface area contributed by atoms with Crippen molar-refractivity contribution >= 4 is 0 Å². The number of nitrogens with zero attached hydrogens (tertiary/aromatic N) is 1. The maximum absolute atomic E-state index is 13.0. The van der Waals surface area contributed by atoms with E-state index in [1.807, 2.05) is 19.9 Å². The molecule has 0 fully saturated rings. The van der Waals surface area contributed by atoms with E-state index in [2.05, 4.69) is 6.07 Å². The molecule has 0 aromatic heterocycles. The quantitative estimate of drug-likeness (QED) is 0.741. The van der Waals surface area contributed by atoms with E-state index in [9.17, 15) is 4.39 Å². The first-order valence-electron chi connectivity index (χ1n) is 5.19. The molecule has 1 aromatic carbocycles. The summed E-state index contributed by atoms with van der Waals surface area (Å²) < 4.78 is 13.0. The molecule has 0 radical (unpaired) electrons. The van der Waals surface area contributed by atoms with Gasteiger partial charge in [-0.1, -0.05) is 26.0 Å². The standard InChI is InChI=1S/C13H16FN/c1-9(2)12(8-15)7-11-4-5-13(14)10(3)6-11/h4-6,9,12H,7H2,1-3H3. The lowest BCUT2D eigenvalue weighted by Gasteiger charge is -2.13. The Bertz CT molecular complexity index is 377. The van der Waals surface area contributed by atoms with Gasteiger partial charge in [-0.25, -0.2) is 4.39 Å². The van der Waals surface area contributed by atoms with Crippen LogP contribution < -0.4 is 0 Å². The molecule has 1 rings (SSSR count). The van der Waals surface area contributed by atoms with E-state index in [1.165, 1.54) is 6.07 Å². The summed E-state index contributed by atoms with van der Waals surface area (Å²) in [5.41, 5.74) is 1.68.